The van der Waals surface area contributed by atoms with Gasteiger partial charge in [-0.1, -0.05) is 13.0 Å². The van der Waals surface area contributed by atoms with Crippen LogP contribution in [-0.2, 0) is 17.6 Å². The second-order valence-electron chi connectivity index (χ2n) is 4.17. The number of nitrogens with two attached hydrogens (primary N) is 1. The van der Waals surface area contributed by atoms with Crippen molar-refractivity contribution in [1.29, 1.82) is 0 Å². The lowest BCUT2D eigenvalue weighted by atomic mass is 10.0. The average Bonchev–Trinajstić information content (AvgIpc) is 2.46. The standard InChI is InChI=1S/C12H17N3O/c1-2-8-5-9-3-4-10(6-13)12(16)15-11(9)14-7-8/h5,7,10H,2-4,6,13H2,1H3,(H,14,15,16). The number of nitrogens with one attached hydrogen (secondary N) is 1. The van der Waals surface area contributed by atoms with Crippen LogP contribution in [-0.4, -0.2) is 17.4 Å². The largest absolute Gasteiger partial charge is 0.330 e. The summed E-state index contributed by atoms with van der Waals surface area (Å²) in [4.78, 5) is 16.0. The summed E-state index contributed by atoms with van der Waals surface area (Å²) in [6, 6.07) is 2.13. The van der Waals surface area contributed by atoms with Gasteiger partial charge in [0, 0.05) is 12.7 Å². The van der Waals surface area contributed by atoms with Crippen molar-refractivity contribution < 1.29 is 4.79 Å². The van der Waals surface area contributed by atoms with Crippen molar-refractivity contribution in [2.24, 2.45) is 11.7 Å². The Bertz CT molecular complexity index is 403. The van der Waals surface area contributed by atoms with E-state index in [1.165, 1.54) is 5.56 Å². The molecule has 0 spiro atoms. The van der Waals surface area contributed by atoms with Crippen LogP contribution in [0, 0.1) is 5.92 Å². The van der Waals surface area contributed by atoms with Crippen LogP contribution in [0.1, 0.15) is 24.5 Å². The molecule has 2 rings (SSSR count). The second-order valence-corrected chi connectivity index (χ2v) is 4.17. The van der Waals surface area contributed by atoms with Gasteiger partial charge >= 0.3 is 0 Å². The van der Waals surface area contributed by atoms with E-state index in [0.29, 0.717) is 12.4 Å². The smallest absolute Gasteiger partial charge is 0.229 e. The number of aryl methyl sites for hydroxylation is 2. The molecule has 3 N–H and O–H groups in total. The summed E-state index contributed by atoms with van der Waals surface area (Å²) < 4.78 is 0. The van der Waals surface area contributed by atoms with Crippen molar-refractivity contribution in [1.82, 2.24) is 4.98 Å². The quantitative estimate of drug-likeness (QED) is 0.782. The maximum absolute atomic E-state index is 11.7. The number of hydrogen-bond donors (Lipinski definition) is 2. The number of aromatic nitrogens is 1. The highest BCUT2D eigenvalue weighted by atomic mass is 16.2. The Morgan fingerprint density at radius 1 is 1.62 bits per heavy atom. The summed E-state index contributed by atoms with van der Waals surface area (Å²) in [5.41, 5.74) is 7.91. The van der Waals surface area contributed by atoms with E-state index in [0.717, 1.165) is 24.8 Å². The van der Waals surface area contributed by atoms with Gasteiger partial charge in [-0.15, -0.1) is 0 Å². The number of pyridine rings is 1. The minimum atomic E-state index is -0.0840. The molecular formula is C12H17N3O. The summed E-state index contributed by atoms with van der Waals surface area (Å²) in [6.07, 6.45) is 4.47. The molecule has 4 heteroatoms. The van der Waals surface area contributed by atoms with Crippen LogP contribution in [0.25, 0.3) is 0 Å². The average molecular weight is 219 g/mol. The fourth-order valence-electron chi connectivity index (χ4n) is 1.96. The number of fused-ring (bicyclic) bond motifs is 1. The van der Waals surface area contributed by atoms with Crippen LogP contribution >= 0.6 is 0 Å². The zero-order chi connectivity index (χ0) is 11.5. The molecule has 0 saturated heterocycles. The predicted octanol–water partition coefficient (Wildman–Crippen LogP) is 1.10. The summed E-state index contributed by atoms with van der Waals surface area (Å²) in [5, 5.41) is 2.84. The monoisotopic (exact) mass is 219 g/mol. The number of anilines is 1. The van der Waals surface area contributed by atoms with E-state index in [1.54, 1.807) is 0 Å². The highest BCUT2D eigenvalue weighted by Gasteiger charge is 2.22. The van der Waals surface area contributed by atoms with Gasteiger partial charge in [0.25, 0.3) is 0 Å². The molecule has 0 radical (unpaired) electrons. The molecular weight excluding hydrogens is 202 g/mol. The summed E-state index contributed by atoms with van der Waals surface area (Å²) in [7, 11) is 0. The molecule has 0 aliphatic carbocycles. The van der Waals surface area contributed by atoms with E-state index in [4.69, 9.17) is 5.73 Å². The van der Waals surface area contributed by atoms with Gasteiger partial charge in [0.1, 0.15) is 5.82 Å². The molecule has 86 valence electrons. The number of nitrogens with zero attached hydrogens (tertiary/aromatic N) is 1. The molecule has 1 aliphatic heterocycles. The summed E-state index contributed by atoms with van der Waals surface area (Å²) >= 11 is 0. The first kappa shape index (κ1) is 11.1. The highest BCUT2D eigenvalue weighted by Crippen LogP contribution is 2.23. The van der Waals surface area contributed by atoms with E-state index >= 15 is 0 Å². The molecule has 1 aromatic heterocycles. The van der Waals surface area contributed by atoms with Crippen LogP contribution < -0.4 is 11.1 Å². The molecule has 1 amide bonds. The normalized spacial score (nSPS) is 19.9. The molecule has 1 aromatic rings. The summed E-state index contributed by atoms with van der Waals surface area (Å²) in [5.74, 6) is 0.621. The third-order valence-electron chi connectivity index (χ3n) is 3.09. The topological polar surface area (TPSA) is 68.0 Å². The van der Waals surface area contributed by atoms with Crippen molar-refractivity contribution in [2.45, 2.75) is 26.2 Å². The Morgan fingerprint density at radius 3 is 3.12 bits per heavy atom. The van der Waals surface area contributed by atoms with Gasteiger partial charge in [-0.2, -0.15) is 0 Å². The maximum Gasteiger partial charge on any atom is 0.229 e. The van der Waals surface area contributed by atoms with Crippen molar-refractivity contribution >= 4 is 11.7 Å². The zero-order valence-electron chi connectivity index (χ0n) is 9.49. The van der Waals surface area contributed by atoms with Gasteiger partial charge in [0.05, 0.1) is 5.92 Å². The first-order valence-corrected chi connectivity index (χ1v) is 5.73. The molecule has 1 aliphatic rings. The number of hydrogen-bond acceptors (Lipinski definition) is 3. The van der Waals surface area contributed by atoms with Crippen LogP contribution in [0.4, 0.5) is 5.82 Å². The lowest BCUT2D eigenvalue weighted by molar-refractivity contribution is -0.119. The van der Waals surface area contributed by atoms with Crippen LogP contribution in [0.5, 0.6) is 0 Å². The lowest BCUT2D eigenvalue weighted by Gasteiger charge is -2.08. The fraction of sp³-hybridized carbons (Fsp3) is 0.500. The van der Waals surface area contributed by atoms with Gasteiger partial charge in [-0.3, -0.25) is 4.79 Å². The van der Waals surface area contributed by atoms with Gasteiger partial charge < -0.3 is 11.1 Å². The molecule has 1 unspecified atom stereocenters. The number of carbonyl (C=O) groups is 1. The SMILES string of the molecule is CCc1cnc2c(c1)CCC(CN)C(=O)N2. The van der Waals surface area contributed by atoms with E-state index in [-0.39, 0.29) is 11.8 Å². The highest BCUT2D eigenvalue weighted by molar-refractivity contribution is 5.93. The van der Waals surface area contributed by atoms with Crippen molar-refractivity contribution in [3.63, 3.8) is 0 Å². The van der Waals surface area contributed by atoms with Crippen molar-refractivity contribution in [2.75, 3.05) is 11.9 Å². The number of amides is 1. The fourth-order valence-corrected chi connectivity index (χ4v) is 1.96. The molecule has 0 fully saturated rings. The van der Waals surface area contributed by atoms with Gasteiger partial charge in [0.15, 0.2) is 0 Å². The Hall–Kier alpha value is -1.42. The summed E-state index contributed by atoms with van der Waals surface area (Å²) in [6.45, 7) is 2.50. The number of carbonyl (C=O) groups excluding carboxylic acids is 1. The van der Waals surface area contributed by atoms with Crippen LogP contribution in [0.15, 0.2) is 12.3 Å². The van der Waals surface area contributed by atoms with Crippen LogP contribution in [0.2, 0.25) is 0 Å². The minimum absolute atomic E-state index is 0.00185. The first-order valence-electron chi connectivity index (χ1n) is 5.73. The Morgan fingerprint density at radius 2 is 2.44 bits per heavy atom. The zero-order valence-corrected chi connectivity index (χ0v) is 9.49. The molecule has 4 nitrogen and oxygen atoms in total. The Labute approximate surface area is 95.3 Å². The molecule has 2 heterocycles. The van der Waals surface area contributed by atoms with E-state index in [1.807, 2.05) is 6.20 Å². The van der Waals surface area contributed by atoms with Gasteiger partial charge in [-0.25, -0.2) is 4.98 Å². The Balaban J connectivity index is 2.29. The first-order chi connectivity index (χ1) is 7.74. The molecule has 16 heavy (non-hydrogen) atoms. The van der Waals surface area contributed by atoms with Gasteiger partial charge in [-0.05, 0) is 30.4 Å². The second kappa shape index (κ2) is 4.61. The maximum atomic E-state index is 11.7. The van der Waals surface area contributed by atoms with Crippen LogP contribution in [0.3, 0.4) is 0 Å². The molecule has 0 saturated carbocycles. The third-order valence-corrected chi connectivity index (χ3v) is 3.09. The van der Waals surface area contributed by atoms with Crippen molar-refractivity contribution in [3.8, 4) is 0 Å². The van der Waals surface area contributed by atoms with Crippen molar-refractivity contribution in [3.05, 3.63) is 23.4 Å². The minimum Gasteiger partial charge on any atom is -0.330 e. The third kappa shape index (κ3) is 2.07. The number of rotatable bonds is 2. The molecule has 0 bridgehead atoms. The predicted molar refractivity (Wildman–Crippen MR) is 63.1 cm³/mol. The van der Waals surface area contributed by atoms with E-state index < -0.39 is 0 Å². The van der Waals surface area contributed by atoms with E-state index in [2.05, 4.69) is 23.3 Å². The molecule has 0 aromatic carbocycles. The van der Waals surface area contributed by atoms with E-state index in [9.17, 15) is 4.79 Å². The van der Waals surface area contributed by atoms with Gasteiger partial charge in [0.2, 0.25) is 5.91 Å². The lowest BCUT2D eigenvalue weighted by Crippen LogP contribution is -2.28. The molecule has 1 atom stereocenters. The Kier molecular flexibility index (Phi) is 3.19.